The maximum atomic E-state index is 12.6. The number of nitrogens with two attached hydrogens (primary N) is 1. The van der Waals surface area contributed by atoms with Crippen molar-refractivity contribution in [2.75, 3.05) is 37.3 Å². The molecule has 8 nitrogen and oxygen atoms in total. The fraction of sp³-hybridized carbons (Fsp3) is 0.241. The van der Waals surface area contributed by atoms with Crippen molar-refractivity contribution in [3.63, 3.8) is 0 Å². The van der Waals surface area contributed by atoms with Crippen molar-refractivity contribution in [3.05, 3.63) is 89.7 Å². The topological polar surface area (TPSA) is 110 Å². The van der Waals surface area contributed by atoms with Crippen LogP contribution in [-0.2, 0) is 6.54 Å². The summed E-state index contributed by atoms with van der Waals surface area (Å²) in [5, 5.41) is 6.52. The van der Waals surface area contributed by atoms with Gasteiger partial charge >= 0.3 is 0 Å². The molecule has 3 aromatic carbocycles. The molecular formula is C29H30N4O4. The molecule has 4 aromatic rings. The van der Waals surface area contributed by atoms with Crippen molar-refractivity contribution in [1.29, 1.82) is 0 Å². The van der Waals surface area contributed by atoms with Crippen LogP contribution in [0.3, 0.4) is 0 Å². The lowest BCUT2D eigenvalue weighted by atomic mass is 10.1. The van der Waals surface area contributed by atoms with Crippen LogP contribution in [0.15, 0.2) is 77.2 Å². The molecule has 1 aliphatic rings. The van der Waals surface area contributed by atoms with Crippen LogP contribution in [0.4, 0.5) is 11.4 Å². The van der Waals surface area contributed by atoms with Gasteiger partial charge in [-0.05, 0) is 80.0 Å². The van der Waals surface area contributed by atoms with E-state index in [1.165, 1.54) is 18.4 Å². The van der Waals surface area contributed by atoms with E-state index in [2.05, 4.69) is 21.6 Å². The molecular weight excluding hydrogens is 468 g/mol. The number of rotatable bonds is 9. The number of nitrogens with one attached hydrogen (secondary N) is 2. The van der Waals surface area contributed by atoms with Gasteiger partial charge in [0.05, 0.1) is 17.9 Å². The Kier molecular flexibility index (Phi) is 7.37. The third-order valence-corrected chi connectivity index (χ3v) is 6.39. The van der Waals surface area contributed by atoms with Crippen molar-refractivity contribution in [1.82, 2.24) is 10.2 Å². The van der Waals surface area contributed by atoms with Crippen LogP contribution in [0.2, 0.25) is 0 Å². The zero-order valence-electron chi connectivity index (χ0n) is 20.5. The van der Waals surface area contributed by atoms with Gasteiger partial charge in [0.1, 0.15) is 17.9 Å². The van der Waals surface area contributed by atoms with Gasteiger partial charge in [-0.15, -0.1) is 0 Å². The minimum absolute atomic E-state index is 0.259. The summed E-state index contributed by atoms with van der Waals surface area (Å²) in [6, 6.07) is 21.7. The Morgan fingerprint density at radius 3 is 2.51 bits per heavy atom. The van der Waals surface area contributed by atoms with Gasteiger partial charge in [0.2, 0.25) is 0 Å². The number of amides is 2. The minimum atomic E-state index is -0.284. The molecule has 2 amide bonds. The fourth-order valence-corrected chi connectivity index (χ4v) is 4.41. The first-order chi connectivity index (χ1) is 18.0. The van der Waals surface area contributed by atoms with Crippen LogP contribution < -0.4 is 21.1 Å². The Balaban J connectivity index is 1.08. The molecule has 0 bridgehead atoms. The van der Waals surface area contributed by atoms with E-state index in [4.69, 9.17) is 14.9 Å². The van der Waals surface area contributed by atoms with E-state index in [0.29, 0.717) is 29.2 Å². The number of para-hydroxylation sites is 2. The molecule has 0 radical (unpaired) electrons. The van der Waals surface area contributed by atoms with Crippen molar-refractivity contribution in [2.24, 2.45) is 0 Å². The molecule has 8 heteroatoms. The van der Waals surface area contributed by atoms with Gasteiger partial charge in [-0.25, -0.2) is 0 Å². The van der Waals surface area contributed by atoms with E-state index in [1.54, 1.807) is 42.5 Å². The quantitative estimate of drug-likeness (QED) is 0.229. The average Bonchev–Trinajstić information content (AvgIpc) is 3.58. The summed E-state index contributed by atoms with van der Waals surface area (Å²) >= 11 is 0. The molecule has 0 spiro atoms. The standard InChI is InChI=1S/C29H30N4O4/c30-24-5-1-2-6-25(24)32-28(34)21-9-11-23(12-10-21)36-16-13-31-29(35)27-18-22-8-7-20(17-26(22)37-27)19-33-14-3-4-15-33/h1-2,5-12,17-18H,3-4,13-16,19,30H2,(H,31,35)(H,32,34). The van der Waals surface area contributed by atoms with Crippen LogP contribution >= 0.6 is 0 Å². The Morgan fingerprint density at radius 2 is 1.73 bits per heavy atom. The van der Waals surface area contributed by atoms with Crippen LogP contribution in [0, 0.1) is 0 Å². The van der Waals surface area contributed by atoms with Crippen LogP contribution in [0.5, 0.6) is 5.75 Å². The molecule has 0 atom stereocenters. The number of anilines is 2. The van der Waals surface area contributed by atoms with Gasteiger partial charge in [-0.1, -0.05) is 24.3 Å². The van der Waals surface area contributed by atoms with Crippen molar-refractivity contribution < 1.29 is 18.7 Å². The Hall–Kier alpha value is -4.30. The highest BCUT2D eigenvalue weighted by atomic mass is 16.5. The van der Waals surface area contributed by atoms with Gasteiger partial charge in [0.25, 0.3) is 11.8 Å². The monoisotopic (exact) mass is 498 g/mol. The molecule has 2 heterocycles. The van der Waals surface area contributed by atoms with E-state index >= 15 is 0 Å². The van der Waals surface area contributed by atoms with E-state index in [9.17, 15) is 9.59 Å². The summed E-state index contributed by atoms with van der Waals surface area (Å²) in [5.41, 5.74) is 9.34. The van der Waals surface area contributed by atoms with Crippen molar-refractivity contribution in [2.45, 2.75) is 19.4 Å². The third-order valence-electron chi connectivity index (χ3n) is 6.39. The van der Waals surface area contributed by atoms with Gasteiger partial charge < -0.3 is 25.5 Å². The lowest BCUT2D eigenvalue weighted by molar-refractivity contribution is 0.0920. The number of hydrogen-bond donors (Lipinski definition) is 3. The van der Waals surface area contributed by atoms with Crippen LogP contribution in [0.25, 0.3) is 11.0 Å². The molecule has 5 rings (SSSR count). The highest BCUT2D eigenvalue weighted by molar-refractivity contribution is 6.05. The Bertz CT molecular complexity index is 1390. The largest absolute Gasteiger partial charge is 0.492 e. The first-order valence-electron chi connectivity index (χ1n) is 12.5. The fourth-order valence-electron chi connectivity index (χ4n) is 4.41. The Morgan fingerprint density at radius 1 is 0.946 bits per heavy atom. The number of likely N-dealkylation sites (tertiary alicyclic amines) is 1. The first kappa shape index (κ1) is 24.4. The molecule has 1 fully saturated rings. The second-order valence-corrected chi connectivity index (χ2v) is 9.14. The highest BCUT2D eigenvalue weighted by Gasteiger charge is 2.15. The highest BCUT2D eigenvalue weighted by Crippen LogP contribution is 2.23. The zero-order chi connectivity index (χ0) is 25.6. The number of nitrogen functional groups attached to an aromatic ring is 1. The summed E-state index contributed by atoms with van der Waals surface area (Å²) < 4.78 is 11.5. The van der Waals surface area contributed by atoms with E-state index in [0.717, 1.165) is 30.6 Å². The second kappa shape index (κ2) is 11.2. The molecule has 37 heavy (non-hydrogen) atoms. The van der Waals surface area contributed by atoms with E-state index in [1.807, 2.05) is 24.3 Å². The first-order valence-corrected chi connectivity index (χ1v) is 12.5. The molecule has 1 aromatic heterocycles. The predicted molar refractivity (Wildman–Crippen MR) is 144 cm³/mol. The zero-order valence-corrected chi connectivity index (χ0v) is 20.5. The minimum Gasteiger partial charge on any atom is -0.492 e. The molecule has 1 aliphatic heterocycles. The molecule has 0 unspecified atom stereocenters. The summed E-state index contributed by atoms with van der Waals surface area (Å²) in [4.78, 5) is 27.4. The predicted octanol–water partition coefficient (Wildman–Crippen LogP) is 4.67. The van der Waals surface area contributed by atoms with Crippen molar-refractivity contribution >= 4 is 34.2 Å². The SMILES string of the molecule is Nc1ccccc1NC(=O)c1ccc(OCCNC(=O)c2cc3ccc(CN4CCCC4)cc3o2)cc1. The number of carbonyl (C=O) groups excluding carboxylic acids is 2. The number of carbonyl (C=O) groups is 2. The summed E-state index contributed by atoms with van der Waals surface area (Å²) in [6.45, 7) is 3.76. The smallest absolute Gasteiger partial charge is 0.287 e. The Labute approximate surface area is 215 Å². The van der Waals surface area contributed by atoms with Gasteiger partial charge in [0.15, 0.2) is 5.76 Å². The molecule has 1 saturated heterocycles. The van der Waals surface area contributed by atoms with Gasteiger partial charge in [-0.2, -0.15) is 0 Å². The normalized spacial score (nSPS) is 13.5. The maximum Gasteiger partial charge on any atom is 0.287 e. The third kappa shape index (κ3) is 6.10. The van der Waals surface area contributed by atoms with Crippen LogP contribution in [0.1, 0.15) is 39.3 Å². The summed E-state index contributed by atoms with van der Waals surface area (Å²) in [7, 11) is 0. The number of hydrogen-bond acceptors (Lipinski definition) is 6. The van der Waals surface area contributed by atoms with Gasteiger partial charge in [0, 0.05) is 17.5 Å². The van der Waals surface area contributed by atoms with Crippen molar-refractivity contribution in [3.8, 4) is 5.75 Å². The number of benzene rings is 3. The number of ether oxygens (including phenoxy) is 1. The summed E-state index contributed by atoms with van der Waals surface area (Å²) in [5.74, 6) is 0.334. The van der Waals surface area contributed by atoms with Crippen LogP contribution in [-0.4, -0.2) is 43.0 Å². The number of nitrogens with zero attached hydrogens (tertiary/aromatic N) is 1. The molecule has 0 saturated carbocycles. The molecule has 0 aliphatic carbocycles. The van der Waals surface area contributed by atoms with E-state index < -0.39 is 0 Å². The average molecular weight is 499 g/mol. The summed E-state index contributed by atoms with van der Waals surface area (Å²) in [6.07, 6.45) is 2.51. The van der Waals surface area contributed by atoms with Gasteiger partial charge in [-0.3, -0.25) is 14.5 Å². The molecule has 4 N–H and O–H groups in total. The lowest BCUT2D eigenvalue weighted by Gasteiger charge is -2.14. The lowest BCUT2D eigenvalue weighted by Crippen LogP contribution is -2.27. The number of fused-ring (bicyclic) bond motifs is 1. The second-order valence-electron chi connectivity index (χ2n) is 9.14. The number of furan rings is 1. The molecule has 190 valence electrons. The maximum absolute atomic E-state index is 12.6. The van der Waals surface area contributed by atoms with E-state index in [-0.39, 0.29) is 24.2 Å².